The van der Waals surface area contributed by atoms with E-state index < -0.39 is 0 Å². The molecule has 0 aromatic rings. The summed E-state index contributed by atoms with van der Waals surface area (Å²) in [5, 5.41) is 0. The highest BCUT2D eigenvalue weighted by Crippen LogP contribution is 1.97. The molecule has 1 fully saturated rings. The van der Waals surface area contributed by atoms with Gasteiger partial charge < -0.3 is 4.43 Å². The zero-order valence-corrected chi connectivity index (χ0v) is 4.65. The minimum absolute atomic E-state index is 0.0432. The summed E-state index contributed by atoms with van der Waals surface area (Å²) in [6, 6.07) is 1.42. The number of rotatable bonds is 0. The van der Waals surface area contributed by atoms with E-state index >= 15 is 0 Å². The molecule has 0 spiro atoms. The van der Waals surface area contributed by atoms with Crippen LogP contribution in [0.4, 0.5) is 0 Å². The van der Waals surface area contributed by atoms with Gasteiger partial charge in [0.15, 0.2) is 9.76 Å². The highest BCUT2D eigenvalue weighted by molar-refractivity contribution is 6.27. The van der Waals surface area contributed by atoms with Gasteiger partial charge in [-0.1, -0.05) is 0 Å². The fourth-order valence-corrected chi connectivity index (χ4v) is 1.53. The molecule has 0 N–H and O–H groups in total. The second-order valence-corrected chi connectivity index (χ2v) is 2.84. The normalized spacial score (nSPS) is 28.8. The van der Waals surface area contributed by atoms with E-state index in [0.29, 0.717) is 0 Å². The van der Waals surface area contributed by atoms with Gasteiger partial charge in [0.25, 0.3) is 0 Å². The zero-order chi connectivity index (χ0) is 3.54. The first kappa shape index (κ1) is 3.37. The molecule has 0 aromatic carbocycles. The van der Waals surface area contributed by atoms with Crippen molar-refractivity contribution < 1.29 is 4.43 Å². The van der Waals surface area contributed by atoms with Gasteiger partial charge in [-0.2, -0.15) is 0 Å². The predicted octanol–water partition coefficient (Wildman–Crippen LogP) is -0.0912. The SMILES string of the molecule is C1CO[SiH2]C1. The summed E-state index contributed by atoms with van der Waals surface area (Å²) in [5.74, 6) is 0. The third-order valence-electron chi connectivity index (χ3n) is 0.827. The van der Waals surface area contributed by atoms with Crippen LogP contribution in [0.25, 0.3) is 0 Å². The summed E-state index contributed by atoms with van der Waals surface area (Å²) in [6.45, 7) is 1.06. The van der Waals surface area contributed by atoms with Gasteiger partial charge in [0.05, 0.1) is 0 Å². The van der Waals surface area contributed by atoms with E-state index in [-0.39, 0.29) is 9.76 Å². The van der Waals surface area contributed by atoms with Crippen molar-refractivity contribution in [2.45, 2.75) is 12.5 Å². The maximum atomic E-state index is 5.08. The molecule has 0 atom stereocenters. The molecule has 1 nitrogen and oxygen atoms in total. The van der Waals surface area contributed by atoms with Crippen LogP contribution in [0.3, 0.4) is 0 Å². The van der Waals surface area contributed by atoms with Crippen molar-refractivity contribution in [2.75, 3.05) is 6.61 Å². The lowest BCUT2D eigenvalue weighted by atomic mass is 10.5. The summed E-state index contributed by atoms with van der Waals surface area (Å²) in [4.78, 5) is 0. The third kappa shape index (κ3) is 0.739. The Morgan fingerprint density at radius 3 is 2.80 bits per heavy atom. The topological polar surface area (TPSA) is 9.23 Å². The summed E-state index contributed by atoms with van der Waals surface area (Å²) in [5.41, 5.74) is 0. The zero-order valence-electron chi connectivity index (χ0n) is 3.24. The van der Waals surface area contributed by atoms with Crippen LogP contribution in [0, 0.1) is 0 Å². The Hall–Kier alpha value is 0.177. The van der Waals surface area contributed by atoms with E-state index in [2.05, 4.69) is 0 Å². The number of hydrogen-bond donors (Lipinski definition) is 0. The van der Waals surface area contributed by atoms with Gasteiger partial charge in [0.2, 0.25) is 0 Å². The molecular formula is C3H8OSi. The first-order chi connectivity index (χ1) is 2.50. The van der Waals surface area contributed by atoms with Crippen molar-refractivity contribution >= 4 is 9.76 Å². The minimum atomic E-state index is 0.0432. The maximum absolute atomic E-state index is 5.08. The maximum Gasteiger partial charge on any atom is 0.161 e. The van der Waals surface area contributed by atoms with Crippen molar-refractivity contribution in [3.8, 4) is 0 Å². The van der Waals surface area contributed by atoms with E-state index in [1.54, 1.807) is 0 Å². The van der Waals surface area contributed by atoms with Crippen LogP contribution in [0.15, 0.2) is 0 Å². The summed E-state index contributed by atoms with van der Waals surface area (Å²) in [7, 11) is 0.0432. The van der Waals surface area contributed by atoms with Crippen molar-refractivity contribution in [1.29, 1.82) is 0 Å². The molecule has 30 valence electrons. The molecule has 1 aliphatic rings. The Morgan fingerprint density at radius 1 is 1.60 bits per heavy atom. The van der Waals surface area contributed by atoms with Crippen LogP contribution < -0.4 is 0 Å². The van der Waals surface area contributed by atoms with Crippen LogP contribution in [-0.2, 0) is 4.43 Å². The first-order valence-corrected chi connectivity index (χ1v) is 3.65. The van der Waals surface area contributed by atoms with Crippen molar-refractivity contribution in [3.05, 3.63) is 0 Å². The summed E-state index contributed by atoms with van der Waals surface area (Å²) in [6.07, 6.45) is 1.34. The van der Waals surface area contributed by atoms with Crippen LogP contribution in [0.5, 0.6) is 0 Å². The van der Waals surface area contributed by atoms with Gasteiger partial charge in [-0.05, 0) is 12.5 Å². The Morgan fingerprint density at radius 2 is 2.60 bits per heavy atom. The van der Waals surface area contributed by atoms with E-state index in [0.717, 1.165) is 6.61 Å². The smallest absolute Gasteiger partial charge is 0.161 e. The lowest BCUT2D eigenvalue weighted by Gasteiger charge is -1.77. The van der Waals surface area contributed by atoms with E-state index in [1.807, 2.05) is 0 Å². The molecule has 0 aliphatic carbocycles. The van der Waals surface area contributed by atoms with Crippen LogP contribution in [-0.4, -0.2) is 16.4 Å². The Kier molecular flexibility index (Phi) is 1.06. The Balaban J connectivity index is 2.08. The fraction of sp³-hybridized carbons (Fsp3) is 1.00. The van der Waals surface area contributed by atoms with Crippen molar-refractivity contribution in [2.24, 2.45) is 0 Å². The number of hydrogen-bond acceptors (Lipinski definition) is 1. The molecule has 0 saturated carbocycles. The largest absolute Gasteiger partial charge is 0.424 e. The van der Waals surface area contributed by atoms with E-state index in [9.17, 15) is 0 Å². The van der Waals surface area contributed by atoms with Gasteiger partial charge >= 0.3 is 0 Å². The van der Waals surface area contributed by atoms with E-state index in [1.165, 1.54) is 12.5 Å². The van der Waals surface area contributed by atoms with Crippen molar-refractivity contribution in [1.82, 2.24) is 0 Å². The lowest BCUT2D eigenvalue weighted by Crippen LogP contribution is -1.80. The first-order valence-electron chi connectivity index (χ1n) is 2.08. The van der Waals surface area contributed by atoms with E-state index in [4.69, 9.17) is 4.43 Å². The minimum Gasteiger partial charge on any atom is -0.424 e. The molecule has 1 aliphatic heterocycles. The van der Waals surface area contributed by atoms with Gasteiger partial charge in [-0.15, -0.1) is 0 Å². The molecule has 1 heterocycles. The molecule has 0 amide bonds. The summed E-state index contributed by atoms with van der Waals surface area (Å²) >= 11 is 0. The molecule has 0 aromatic heterocycles. The quantitative estimate of drug-likeness (QED) is 0.376. The second-order valence-electron chi connectivity index (χ2n) is 1.32. The van der Waals surface area contributed by atoms with Crippen LogP contribution in [0.1, 0.15) is 6.42 Å². The highest BCUT2D eigenvalue weighted by atomic mass is 28.2. The molecule has 1 saturated heterocycles. The molecule has 5 heavy (non-hydrogen) atoms. The van der Waals surface area contributed by atoms with Crippen molar-refractivity contribution in [3.63, 3.8) is 0 Å². The Labute approximate surface area is 34.3 Å². The second kappa shape index (κ2) is 1.57. The van der Waals surface area contributed by atoms with Gasteiger partial charge in [-0.3, -0.25) is 0 Å². The van der Waals surface area contributed by atoms with Gasteiger partial charge in [0, 0.05) is 6.61 Å². The third-order valence-corrected chi connectivity index (χ3v) is 2.19. The molecule has 0 bridgehead atoms. The molecular weight excluding hydrogens is 80.1 g/mol. The average Bonchev–Trinajstić information content (AvgIpc) is 1.76. The lowest BCUT2D eigenvalue weighted by molar-refractivity contribution is 0.374. The fourth-order valence-electron chi connectivity index (χ4n) is 0.510. The monoisotopic (exact) mass is 88.0 g/mol. The standard InChI is InChI=1S/C3H8OSi/c1-2-4-5-3-1/h1-3,5H2. The highest BCUT2D eigenvalue weighted by Gasteiger charge is 1.96. The van der Waals surface area contributed by atoms with Crippen LogP contribution in [0.2, 0.25) is 6.04 Å². The Bertz CT molecular complexity index is 18.5. The average molecular weight is 88.2 g/mol. The molecule has 1 rings (SSSR count). The molecule has 0 unspecified atom stereocenters. The van der Waals surface area contributed by atoms with Gasteiger partial charge in [0.1, 0.15) is 0 Å². The predicted molar refractivity (Wildman–Crippen MR) is 23.9 cm³/mol. The molecule has 2 heteroatoms. The molecule has 0 radical (unpaired) electrons. The van der Waals surface area contributed by atoms with Crippen LogP contribution >= 0.6 is 0 Å². The van der Waals surface area contributed by atoms with Gasteiger partial charge in [-0.25, -0.2) is 0 Å². The summed E-state index contributed by atoms with van der Waals surface area (Å²) < 4.78 is 5.08.